The first-order valence-electron chi connectivity index (χ1n) is 5.62. The van der Waals surface area contributed by atoms with Gasteiger partial charge in [-0.1, -0.05) is 11.6 Å². The lowest BCUT2D eigenvalue weighted by molar-refractivity contribution is 0.232. The molecule has 2 rings (SSSR count). The Morgan fingerprint density at radius 1 is 1.40 bits per heavy atom. The summed E-state index contributed by atoms with van der Waals surface area (Å²) < 4.78 is 32.0. The zero-order valence-electron chi connectivity index (χ0n) is 10.7. The van der Waals surface area contributed by atoms with Crippen LogP contribution in [-0.4, -0.2) is 24.5 Å². The Bertz CT molecular complexity index is 700. The molecule has 0 aliphatic carbocycles. The highest BCUT2D eigenvalue weighted by Gasteiger charge is 2.18. The van der Waals surface area contributed by atoms with E-state index in [0.717, 1.165) is 11.3 Å². The number of nitrogens with zero attached hydrogens (tertiary/aromatic N) is 2. The van der Waals surface area contributed by atoms with Crippen LogP contribution in [0.25, 0.3) is 0 Å². The minimum Gasteiger partial charge on any atom is -0.474 e. The summed E-state index contributed by atoms with van der Waals surface area (Å²) in [5.74, 6) is 0.345. The summed E-state index contributed by atoms with van der Waals surface area (Å²) in [6, 6.07) is 1.37. The molecule has 0 saturated carbocycles. The number of anilines is 1. The average Bonchev–Trinajstić information content (AvgIpc) is 2.75. The maximum Gasteiger partial charge on any atom is 0.272 e. The van der Waals surface area contributed by atoms with Gasteiger partial charge in [0.25, 0.3) is 10.0 Å². The fraction of sp³-hybridized carbons (Fsp3) is 0.273. The van der Waals surface area contributed by atoms with Crippen LogP contribution in [-0.2, 0) is 10.0 Å². The molecule has 0 aliphatic heterocycles. The lowest BCUT2D eigenvalue weighted by Crippen LogP contribution is -2.14. The van der Waals surface area contributed by atoms with E-state index in [0.29, 0.717) is 5.02 Å². The van der Waals surface area contributed by atoms with Gasteiger partial charge < -0.3 is 4.74 Å². The van der Waals surface area contributed by atoms with Crippen LogP contribution in [0.15, 0.2) is 28.0 Å². The van der Waals surface area contributed by atoms with Crippen LogP contribution in [0.4, 0.5) is 5.82 Å². The number of rotatable bonds is 5. The van der Waals surface area contributed by atoms with Gasteiger partial charge in [0.1, 0.15) is 4.21 Å². The van der Waals surface area contributed by atoms with Crippen molar-refractivity contribution in [3.63, 3.8) is 0 Å². The maximum atomic E-state index is 12.1. The zero-order valence-corrected chi connectivity index (χ0v) is 13.1. The number of halogens is 1. The van der Waals surface area contributed by atoms with Crippen molar-refractivity contribution in [3.05, 3.63) is 28.9 Å². The molecule has 2 aromatic rings. The Labute approximate surface area is 125 Å². The second-order valence-electron chi connectivity index (χ2n) is 4.10. The molecule has 0 aromatic carbocycles. The summed E-state index contributed by atoms with van der Waals surface area (Å²) in [6.45, 7) is 3.68. The van der Waals surface area contributed by atoms with Gasteiger partial charge in [0.2, 0.25) is 5.88 Å². The molecule has 0 unspecified atom stereocenters. The average molecular weight is 334 g/mol. The summed E-state index contributed by atoms with van der Waals surface area (Å²) in [6.07, 6.45) is 2.65. The number of thiophene rings is 1. The predicted molar refractivity (Wildman–Crippen MR) is 77.9 cm³/mol. The Balaban J connectivity index is 2.21. The third-order valence-corrected chi connectivity index (χ3v) is 5.16. The van der Waals surface area contributed by atoms with E-state index in [4.69, 9.17) is 16.3 Å². The first-order chi connectivity index (χ1) is 9.37. The third kappa shape index (κ3) is 3.81. The number of hydrogen-bond acceptors (Lipinski definition) is 6. The monoisotopic (exact) mass is 333 g/mol. The molecular weight excluding hydrogens is 322 g/mol. The minimum absolute atomic E-state index is 0.0766. The van der Waals surface area contributed by atoms with E-state index < -0.39 is 10.0 Å². The summed E-state index contributed by atoms with van der Waals surface area (Å²) in [5, 5.41) is 1.92. The lowest BCUT2D eigenvalue weighted by Gasteiger charge is -2.10. The molecule has 20 heavy (non-hydrogen) atoms. The topological polar surface area (TPSA) is 81.2 Å². The van der Waals surface area contributed by atoms with Crippen LogP contribution in [0.5, 0.6) is 5.88 Å². The molecule has 0 aliphatic rings. The molecule has 6 nitrogen and oxygen atoms in total. The van der Waals surface area contributed by atoms with E-state index in [1.54, 1.807) is 5.38 Å². The molecule has 0 spiro atoms. The van der Waals surface area contributed by atoms with Crippen molar-refractivity contribution in [2.24, 2.45) is 0 Å². The minimum atomic E-state index is -3.71. The molecule has 2 heterocycles. The second-order valence-corrected chi connectivity index (χ2v) is 7.36. The molecule has 0 amide bonds. The standard InChI is InChI=1S/C11H12ClN3O3S2/c1-7(2)18-10-5-13-4-9(14-10)15-20(16,17)11-3-8(12)6-19-11/h3-7H,1-2H3,(H,14,15). The van der Waals surface area contributed by atoms with Crippen molar-refractivity contribution in [1.29, 1.82) is 0 Å². The normalized spacial score (nSPS) is 11.6. The fourth-order valence-electron chi connectivity index (χ4n) is 1.32. The van der Waals surface area contributed by atoms with Crippen LogP contribution < -0.4 is 9.46 Å². The van der Waals surface area contributed by atoms with Crippen LogP contribution in [0.3, 0.4) is 0 Å². The van der Waals surface area contributed by atoms with Gasteiger partial charge in [0, 0.05) is 5.38 Å². The Kier molecular flexibility index (Phi) is 4.46. The van der Waals surface area contributed by atoms with E-state index in [-0.39, 0.29) is 22.0 Å². The van der Waals surface area contributed by atoms with Crippen LogP contribution >= 0.6 is 22.9 Å². The largest absolute Gasteiger partial charge is 0.474 e. The van der Waals surface area contributed by atoms with Gasteiger partial charge in [0.05, 0.1) is 23.5 Å². The number of aromatic nitrogens is 2. The van der Waals surface area contributed by atoms with Crippen LogP contribution in [0.2, 0.25) is 5.02 Å². The van der Waals surface area contributed by atoms with Crippen molar-refractivity contribution in [2.45, 2.75) is 24.2 Å². The van der Waals surface area contributed by atoms with Gasteiger partial charge in [-0.3, -0.25) is 9.71 Å². The van der Waals surface area contributed by atoms with E-state index in [1.807, 2.05) is 13.8 Å². The zero-order chi connectivity index (χ0) is 14.8. The van der Waals surface area contributed by atoms with Gasteiger partial charge in [-0.25, -0.2) is 8.42 Å². The highest BCUT2D eigenvalue weighted by molar-refractivity contribution is 7.94. The number of ether oxygens (including phenoxy) is 1. The Hall–Kier alpha value is -1.38. The van der Waals surface area contributed by atoms with Crippen molar-refractivity contribution in [3.8, 4) is 5.88 Å². The first-order valence-corrected chi connectivity index (χ1v) is 8.36. The van der Waals surface area contributed by atoms with Crippen LogP contribution in [0, 0.1) is 0 Å². The number of nitrogens with one attached hydrogen (secondary N) is 1. The molecular formula is C11H12ClN3O3S2. The van der Waals surface area contributed by atoms with E-state index in [1.165, 1.54) is 18.5 Å². The Morgan fingerprint density at radius 3 is 2.75 bits per heavy atom. The molecule has 0 fully saturated rings. The summed E-state index contributed by atoms with van der Waals surface area (Å²) >= 11 is 6.75. The molecule has 0 saturated heterocycles. The smallest absolute Gasteiger partial charge is 0.272 e. The molecule has 9 heteroatoms. The van der Waals surface area contributed by atoms with Gasteiger partial charge in [-0.15, -0.1) is 11.3 Å². The summed E-state index contributed by atoms with van der Waals surface area (Å²) in [7, 11) is -3.71. The third-order valence-electron chi connectivity index (χ3n) is 2.02. The maximum absolute atomic E-state index is 12.1. The first kappa shape index (κ1) is 15.0. The quantitative estimate of drug-likeness (QED) is 0.909. The van der Waals surface area contributed by atoms with Crippen molar-refractivity contribution in [1.82, 2.24) is 9.97 Å². The second kappa shape index (κ2) is 5.94. The van der Waals surface area contributed by atoms with Gasteiger partial charge in [-0.05, 0) is 19.9 Å². The highest BCUT2D eigenvalue weighted by atomic mass is 35.5. The van der Waals surface area contributed by atoms with Gasteiger partial charge in [0.15, 0.2) is 5.82 Å². The van der Waals surface area contributed by atoms with Gasteiger partial charge >= 0.3 is 0 Å². The fourth-order valence-corrected chi connectivity index (χ4v) is 3.72. The highest BCUT2D eigenvalue weighted by Crippen LogP contribution is 2.25. The number of hydrogen-bond donors (Lipinski definition) is 1. The lowest BCUT2D eigenvalue weighted by atomic mass is 10.5. The van der Waals surface area contributed by atoms with E-state index in [2.05, 4.69) is 14.7 Å². The molecule has 1 N–H and O–H groups in total. The SMILES string of the molecule is CC(C)Oc1cncc(NS(=O)(=O)c2cc(Cl)cs2)n1. The van der Waals surface area contributed by atoms with Crippen molar-refractivity contribution < 1.29 is 13.2 Å². The summed E-state index contributed by atoms with van der Waals surface area (Å²) in [5.41, 5.74) is 0. The Morgan fingerprint density at radius 2 is 2.15 bits per heavy atom. The number of sulfonamides is 1. The molecule has 2 aromatic heterocycles. The van der Waals surface area contributed by atoms with Gasteiger partial charge in [-0.2, -0.15) is 4.98 Å². The summed E-state index contributed by atoms with van der Waals surface area (Å²) in [4.78, 5) is 7.91. The molecule has 0 bridgehead atoms. The van der Waals surface area contributed by atoms with Crippen LogP contribution in [0.1, 0.15) is 13.8 Å². The molecule has 0 atom stereocenters. The van der Waals surface area contributed by atoms with E-state index >= 15 is 0 Å². The van der Waals surface area contributed by atoms with Crippen molar-refractivity contribution in [2.75, 3.05) is 4.72 Å². The molecule has 0 radical (unpaired) electrons. The predicted octanol–water partition coefficient (Wildman–Crippen LogP) is 2.78. The molecule has 108 valence electrons. The van der Waals surface area contributed by atoms with Crippen molar-refractivity contribution >= 4 is 38.8 Å². The van der Waals surface area contributed by atoms with E-state index in [9.17, 15) is 8.42 Å².